The van der Waals surface area contributed by atoms with Crippen LogP contribution in [0.5, 0.6) is 0 Å². The molecule has 152 valence electrons. The Hall–Kier alpha value is -2.31. The third-order valence-corrected chi connectivity index (χ3v) is 6.07. The fourth-order valence-electron chi connectivity index (χ4n) is 2.98. The summed E-state index contributed by atoms with van der Waals surface area (Å²) in [6.45, 7) is 7.36. The molecule has 0 saturated carbocycles. The number of halogens is 1. The van der Waals surface area contributed by atoms with Gasteiger partial charge in [0.1, 0.15) is 0 Å². The lowest BCUT2D eigenvalue weighted by Crippen LogP contribution is -2.33. The number of hydrogen-bond acceptors (Lipinski definition) is 4. The van der Waals surface area contributed by atoms with Gasteiger partial charge < -0.3 is 9.88 Å². The zero-order chi connectivity index (χ0) is 20.8. The summed E-state index contributed by atoms with van der Waals surface area (Å²) in [5, 5.41) is 12.8. The number of amides is 1. The summed E-state index contributed by atoms with van der Waals surface area (Å²) in [6, 6.07) is 17.7. The Morgan fingerprint density at radius 2 is 1.79 bits per heavy atom. The van der Waals surface area contributed by atoms with E-state index < -0.39 is 0 Å². The Labute approximate surface area is 180 Å². The van der Waals surface area contributed by atoms with Crippen molar-refractivity contribution in [3.05, 3.63) is 65.2 Å². The molecule has 5 nitrogen and oxygen atoms in total. The van der Waals surface area contributed by atoms with E-state index in [1.54, 1.807) is 0 Å². The maximum atomic E-state index is 12.6. The molecule has 29 heavy (non-hydrogen) atoms. The third-order valence-electron chi connectivity index (χ3n) is 4.74. The summed E-state index contributed by atoms with van der Waals surface area (Å²) in [7, 11) is 0. The number of carbonyl (C=O) groups is 1. The maximum Gasteiger partial charge on any atom is 0.233 e. The summed E-state index contributed by atoms with van der Waals surface area (Å²) < 4.78 is 2.02. The molecule has 0 spiro atoms. The van der Waals surface area contributed by atoms with Gasteiger partial charge in [-0.2, -0.15) is 0 Å². The van der Waals surface area contributed by atoms with E-state index in [4.69, 9.17) is 11.6 Å². The van der Waals surface area contributed by atoms with Crippen molar-refractivity contribution >= 4 is 29.3 Å². The van der Waals surface area contributed by atoms with E-state index in [0.717, 1.165) is 16.5 Å². The fraction of sp³-hybridized carbons (Fsp3) is 0.318. The standard InChI is InChI=1S/C22H25ClN4OS/c1-4-27-20(18-10-12-19(23)13-11-18)25-26-22(27)29-16(3)21(28)24-14-15(2)17-8-6-5-7-9-17/h5-13,15-16H,4,14H2,1-3H3,(H,24,28). The van der Waals surface area contributed by atoms with Gasteiger partial charge in [-0.15, -0.1) is 10.2 Å². The number of nitrogens with zero attached hydrogens (tertiary/aromatic N) is 3. The summed E-state index contributed by atoms with van der Waals surface area (Å²) in [5.41, 5.74) is 2.16. The van der Waals surface area contributed by atoms with Crippen LogP contribution in [0.4, 0.5) is 0 Å². The van der Waals surface area contributed by atoms with Crippen LogP contribution >= 0.6 is 23.4 Å². The fourth-order valence-corrected chi connectivity index (χ4v) is 4.05. The second-order valence-electron chi connectivity index (χ2n) is 6.87. The highest BCUT2D eigenvalue weighted by Gasteiger charge is 2.20. The molecule has 3 rings (SSSR count). The van der Waals surface area contributed by atoms with Crippen LogP contribution in [-0.4, -0.2) is 32.5 Å². The van der Waals surface area contributed by atoms with Gasteiger partial charge in [-0.1, -0.05) is 60.6 Å². The molecule has 3 aromatic rings. The second kappa shape index (κ2) is 9.94. The number of aromatic nitrogens is 3. The second-order valence-corrected chi connectivity index (χ2v) is 8.62. The van der Waals surface area contributed by atoms with Crippen molar-refractivity contribution in [1.82, 2.24) is 20.1 Å². The normalized spacial score (nSPS) is 13.1. The highest BCUT2D eigenvalue weighted by atomic mass is 35.5. The number of carbonyl (C=O) groups excluding carboxylic acids is 1. The smallest absolute Gasteiger partial charge is 0.233 e. The minimum atomic E-state index is -0.273. The number of nitrogens with one attached hydrogen (secondary N) is 1. The first-order valence-electron chi connectivity index (χ1n) is 9.68. The molecule has 0 aliphatic heterocycles. The lowest BCUT2D eigenvalue weighted by Gasteiger charge is -2.16. The molecular formula is C22H25ClN4OS. The largest absolute Gasteiger partial charge is 0.355 e. The minimum Gasteiger partial charge on any atom is -0.355 e. The van der Waals surface area contributed by atoms with Gasteiger partial charge in [-0.3, -0.25) is 4.79 Å². The quantitative estimate of drug-likeness (QED) is 0.512. The zero-order valence-corrected chi connectivity index (χ0v) is 18.4. The molecule has 0 radical (unpaired) electrons. The Morgan fingerprint density at radius 1 is 1.10 bits per heavy atom. The molecule has 1 amide bonds. The molecule has 0 aliphatic rings. The first-order chi connectivity index (χ1) is 14.0. The van der Waals surface area contributed by atoms with Gasteiger partial charge >= 0.3 is 0 Å². The van der Waals surface area contributed by atoms with Crippen LogP contribution in [0.3, 0.4) is 0 Å². The topological polar surface area (TPSA) is 59.8 Å². The lowest BCUT2D eigenvalue weighted by molar-refractivity contribution is -0.120. The van der Waals surface area contributed by atoms with Crippen LogP contribution in [0, 0.1) is 0 Å². The van der Waals surface area contributed by atoms with Crippen molar-refractivity contribution in [2.24, 2.45) is 0 Å². The van der Waals surface area contributed by atoms with E-state index in [9.17, 15) is 4.79 Å². The van der Waals surface area contributed by atoms with E-state index in [2.05, 4.69) is 34.6 Å². The van der Waals surface area contributed by atoms with Crippen molar-refractivity contribution in [2.75, 3.05) is 6.54 Å². The van der Waals surface area contributed by atoms with Crippen LogP contribution in [0.2, 0.25) is 5.02 Å². The molecule has 0 fully saturated rings. The Balaban J connectivity index is 1.63. The third kappa shape index (κ3) is 5.40. The number of hydrogen-bond donors (Lipinski definition) is 1. The predicted octanol–water partition coefficient (Wildman–Crippen LogP) is 5.02. The predicted molar refractivity (Wildman–Crippen MR) is 119 cm³/mol. The summed E-state index contributed by atoms with van der Waals surface area (Å²) in [5.74, 6) is 1.03. The van der Waals surface area contributed by atoms with E-state index in [0.29, 0.717) is 18.1 Å². The molecule has 0 saturated heterocycles. The molecule has 1 heterocycles. The molecular weight excluding hydrogens is 404 g/mol. The van der Waals surface area contributed by atoms with Crippen LogP contribution in [0.25, 0.3) is 11.4 Å². The molecule has 1 aromatic heterocycles. The van der Waals surface area contributed by atoms with Crippen LogP contribution in [0.1, 0.15) is 32.3 Å². The van der Waals surface area contributed by atoms with Crippen LogP contribution in [0.15, 0.2) is 59.8 Å². The van der Waals surface area contributed by atoms with E-state index in [1.165, 1.54) is 17.3 Å². The van der Waals surface area contributed by atoms with Gasteiger partial charge in [0.05, 0.1) is 5.25 Å². The van der Waals surface area contributed by atoms with Gasteiger partial charge in [0.25, 0.3) is 0 Å². The van der Waals surface area contributed by atoms with Crippen molar-refractivity contribution in [3.8, 4) is 11.4 Å². The molecule has 0 aliphatic carbocycles. The number of rotatable bonds is 8. The van der Waals surface area contributed by atoms with Gasteiger partial charge in [0, 0.05) is 23.7 Å². The highest BCUT2D eigenvalue weighted by molar-refractivity contribution is 8.00. The average Bonchev–Trinajstić information content (AvgIpc) is 3.15. The average molecular weight is 429 g/mol. The lowest BCUT2D eigenvalue weighted by atomic mass is 10.0. The molecule has 0 bridgehead atoms. The van der Waals surface area contributed by atoms with Gasteiger partial charge in [0.2, 0.25) is 5.91 Å². The van der Waals surface area contributed by atoms with Crippen molar-refractivity contribution in [2.45, 2.75) is 43.6 Å². The van der Waals surface area contributed by atoms with Crippen LogP contribution in [-0.2, 0) is 11.3 Å². The van der Waals surface area contributed by atoms with Crippen molar-refractivity contribution in [1.29, 1.82) is 0 Å². The summed E-state index contributed by atoms with van der Waals surface area (Å²) in [6.07, 6.45) is 0. The zero-order valence-electron chi connectivity index (χ0n) is 16.8. The van der Waals surface area contributed by atoms with Crippen molar-refractivity contribution in [3.63, 3.8) is 0 Å². The Kier molecular flexibility index (Phi) is 7.34. The van der Waals surface area contributed by atoms with E-state index in [-0.39, 0.29) is 17.1 Å². The number of benzene rings is 2. The van der Waals surface area contributed by atoms with Gasteiger partial charge in [0.15, 0.2) is 11.0 Å². The number of thioether (sulfide) groups is 1. The summed E-state index contributed by atoms with van der Waals surface area (Å²) >= 11 is 7.40. The molecule has 2 atom stereocenters. The van der Waals surface area contributed by atoms with Gasteiger partial charge in [-0.05, 0) is 49.6 Å². The maximum absolute atomic E-state index is 12.6. The SMILES string of the molecule is CCn1c(SC(C)C(=O)NCC(C)c2ccccc2)nnc1-c1ccc(Cl)cc1. The molecule has 2 unspecified atom stereocenters. The van der Waals surface area contributed by atoms with E-state index in [1.807, 2.05) is 60.9 Å². The van der Waals surface area contributed by atoms with Gasteiger partial charge in [-0.25, -0.2) is 0 Å². The summed E-state index contributed by atoms with van der Waals surface area (Å²) in [4.78, 5) is 12.6. The van der Waals surface area contributed by atoms with Crippen molar-refractivity contribution < 1.29 is 4.79 Å². The monoisotopic (exact) mass is 428 g/mol. The highest BCUT2D eigenvalue weighted by Crippen LogP contribution is 2.27. The van der Waals surface area contributed by atoms with E-state index >= 15 is 0 Å². The first kappa shape index (κ1) is 21.4. The molecule has 1 N–H and O–H groups in total. The Bertz CT molecular complexity index is 943. The first-order valence-corrected chi connectivity index (χ1v) is 10.9. The van der Waals surface area contributed by atoms with Crippen LogP contribution < -0.4 is 5.32 Å². The molecule has 2 aromatic carbocycles. The Morgan fingerprint density at radius 3 is 2.45 bits per heavy atom. The molecule has 7 heteroatoms. The minimum absolute atomic E-state index is 0.00326.